The first-order valence-corrected chi connectivity index (χ1v) is 14.2. The van der Waals surface area contributed by atoms with Gasteiger partial charge in [-0.2, -0.15) is 0 Å². The molecule has 38 heavy (non-hydrogen) atoms. The molecule has 7 heteroatoms. The first-order chi connectivity index (χ1) is 18.5. The van der Waals surface area contributed by atoms with Gasteiger partial charge in [-0.05, 0) is 80.1 Å². The van der Waals surface area contributed by atoms with Crippen LogP contribution in [0.15, 0.2) is 66.9 Å². The first kappa shape index (κ1) is 24.6. The summed E-state index contributed by atoms with van der Waals surface area (Å²) < 4.78 is 8.14. The topological polar surface area (TPSA) is 49.7 Å². The number of rotatable bonds is 5. The van der Waals surface area contributed by atoms with Gasteiger partial charge in [0, 0.05) is 36.4 Å². The molecule has 0 saturated carbocycles. The summed E-state index contributed by atoms with van der Waals surface area (Å²) in [5, 5.41) is 4.46. The van der Waals surface area contributed by atoms with E-state index in [1.165, 1.54) is 33.8 Å². The predicted molar refractivity (Wildman–Crippen MR) is 155 cm³/mol. The molecule has 6 rings (SSSR count). The maximum absolute atomic E-state index is 14.2. The number of hydrogen-bond acceptors (Lipinski definition) is 4. The molecular weight excluding hydrogens is 492 g/mol. The van der Waals surface area contributed by atoms with Crippen LogP contribution in [0.3, 0.4) is 0 Å². The van der Waals surface area contributed by atoms with Gasteiger partial charge in [0.2, 0.25) is 0 Å². The zero-order valence-electron chi connectivity index (χ0n) is 22.2. The zero-order valence-corrected chi connectivity index (χ0v) is 23.1. The predicted octanol–water partition coefficient (Wildman–Crippen LogP) is 7.02. The van der Waals surface area contributed by atoms with Gasteiger partial charge in [-0.15, -0.1) is 11.3 Å². The van der Waals surface area contributed by atoms with Crippen LogP contribution < -0.4 is 15.0 Å². The maximum atomic E-state index is 14.2. The zero-order chi connectivity index (χ0) is 26.2. The molecule has 2 aromatic carbocycles. The number of anilines is 2. The summed E-state index contributed by atoms with van der Waals surface area (Å²) in [6.45, 7) is 3.05. The number of urea groups is 1. The standard InChI is InChI=1S/C31H34N4O2S/c1-4-37-27-13-7-6-11-25(27)32-31(36)35-20-24-23-10-5-8-14-28(23)38-30(24)34-19-9-12-26(34)29(35)21-15-17-22(18-16-21)33(2)3/h6-7,9,11-13,15-19,29H,4-5,8,10,14,20H2,1-3H3,(H,32,36)/t29-/m1/s1. The van der Waals surface area contributed by atoms with E-state index in [1.807, 2.05) is 61.5 Å². The fourth-order valence-electron chi connectivity index (χ4n) is 5.73. The summed E-state index contributed by atoms with van der Waals surface area (Å²) in [6, 6.07) is 20.1. The van der Waals surface area contributed by atoms with Crippen molar-refractivity contribution in [1.29, 1.82) is 0 Å². The fraction of sp³-hybridized carbons (Fsp3) is 0.323. The van der Waals surface area contributed by atoms with Crippen molar-refractivity contribution < 1.29 is 9.53 Å². The van der Waals surface area contributed by atoms with Gasteiger partial charge in [-0.1, -0.05) is 24.3 Å². The Morgan fingerprint density at radius 1 is 1.03 bits per heavy atom. The van der Waals surface area contributed by atoms with Gasteiger partial charge in [0.1, 0.15) is 10.8 Å². The second-order valence-corrected chi connectivity index (χ2v) is 11.3. The molecule has 1 N–H and O–H groups in total. The molecule has 0 saturated heterocycles. The molecule has 0 fully saturated rings. The molecule has 0 unspecified atom stereocenters. The molecule has 6 nitrogen and oxygen atoms in total. The van der Waals surface area contributed by atoms with Crippen molar-refractivity contribution in [3.8, 4) is 10.8 Å². The van der Waals surface area contributed by atoms with Gasteiger partial charge in [0.05, 0.1) is 30.6 Å². The number of carbonyl (C=O) groups is 1. The van der Waals surface area contributed by atoms with Gasteiger partial charge in [-0.25, -0.2) is 4.79 Å². The van der Waals surface area contributed by atoms with E-state index in [1.54, 1.807) is 0 Å². The van der Waals surface area contributed by atoms with Crippen LogP contribution in [0.4, 0.5) is 16.2 Å². The van der Waals surface area contributed by atoms with Crippen LogP contribution in [0.5, 0.6) is 5.75 Å². The van der Waals surface area contributed by atoms with Crippen LogP contribution in [0.25, 0.3) is 5.00 Å². The number of aryl methyl sites for hydroxylation is 1. The number of fused-ring (bicyclic) bond motifs is 5. The highest BCUT2D eigenvalue weighted by atomic mass is 32.1. The van der Waals surface area contributed by atoms with Crippen LogP contribution >= 0.6 is 11.3 Å². The molecule has 1 aliphatic carbocycles. The fourth-order valence-corrected chi connectivity index (χ4v) is 7.13. The van der Waals surface area contributed by atoms with Crippen LogP contribution in [-0.4, -0.2) is 36.2 Å². The number of nitrogens with one attached hydrogen (secondary N) is 1. The molecule has 0 radical (unpaired) electrons. The van der Waals surface area contributed by atoms with Gasteiger partial charge in [-0.3, -0.25) is 0 Å². The van der Waals surface area contributed by atoms with Crippen molar-refractivity contribution in [2.45, 2.75) is 45.2 Å². The molecule has 0 spiro atoms. The highest BCUT2D eigenvalue weighted by molar-refractivity contribution is 7.15. The summed E-state index contributed by atoms with van der Waals surface area (Å²) in [4.78, 5) is 19.8. The third kappa shape index (κ3) is 4.35. The molecule has 2 aliphatic rings. The minimum atomic E-state index is -0.237. The summed E-state index contributed by atoms with van der Waals surface area (Å²) in [5.74, 6) is 0.682. The number of carbonyl (C=O) groups excluding carboxylic acids is 1. The van der Waals surface area contributed by atoms with Crippen molar-refractivity contribution in [2.24, 2.45) is 0 Å². The van der Waals surface area contributed by atoms with Crippen molar-refractivity contribution >= 4 is 28.7 Å². The van der Waals surface area contributed by atoms with Crippen LogP contribution in [-0.2, 0) is 19.4 Å². The van der Waals surface area contributed by atoms with E-state index in [0.717, 1.165) is 29.8 Å². The maximum Gasteiger partial charge on any atom is 0.323 e. The van der Waals surface area contributed by atoms with Crippen LogP contribution in [0.1, 0.15) is 53.1 Å². The van der Waals surface area contributed by atoms with Gasteiger partial charge in [0.25, 0.3) is 0 Å². The van der Waals surface area contributed by atoms with E-state index in [2.05, 4.69) is 57.4 Å². The Balaban J connectivity index is 1.47. The van der Waals surface area contributed by atoms with E-state index in [-0.39, 0.29) is 12.1 Å². The average molecular weight is 527 g/mol. The number of ether oxygens (including phenoxy) is 1. The number of thiophene rings is 1. The van der Waals surface area contributed by atoms with Crippen molar-refractivity contribution in [2.75, 3.05) is 30.9 Å². The lowest BCUT2D eigenvalue weighted by atomic mass is 9.95. The van der Waals surface area contributed by atoms with Crippen LogP contribution in [0, 0.1) is 0 Å². The second kappa shape index (κ2) is 10.2. The Bertz CT molecular complexity index is 1450. The molecule has 2 amide bonds. The molecule has 1 atom stereocenters. The molecule has 1 aliphatic heterocycles. The highest BCUT2D eigenvalue weighted by Gasteiger charge is 2.36. The Kier molecular flexibility index (Phi) is 6.62. The monoisotopic (exact) mass is 526 g/mol. The number of amides is 2. The summed E-state index contributed by atoms with van der Waals surface area (Å²) in [7, 11) is 4.09. The Morgan fingerprint density at radius 3 is 2.61 bits per heavy atom. The van der Waals surface area contributed by atoms with E-state index in [0.29, 0.717) is 24.6 Å². The molecule has 196 valence electrons. The number of hydrogen-bond donors (Lipinski definition) is 1. The Hall–Kier alpha value is -3.71. The average Bonchev–Trinajstić information content (AvgIpc) is 3.52. The summed E-state index contributed by atoms with van der Waals surface area (Å²) in [6.07, 6.45) is 6.82. The van der Waals surface area contributed by atoms with Crippen molar-refractivity contribution in [3.63, 3.8) is 0 Å². The number of para-hydroxylation sites is 2. The first-order valence-electron chi connectivity index (χ1n) is 13.4. The molecule has 4 aromatic rings. The highest BCUT2D eigenvalue weighted by Crippen LogP contribution is 2.44. The van der Waals surface area contributed by atoms with Gasteiger partial charge < -0.3 is 24.4 Å². The van der Waals surface area contributed by atoms with E-state index < -0.39 is 0 Å². The summed E-state index contributed by atoms with van der Waals surface area (Å²) >= 11 is 1.91. The summed E-state index contributed by atoms with van der Waals surface area (Å²) in [5.41, 5.74) is 6.76. The van der Waals surface area contributed by atoms with Crippen LogP contribution in [0.2, 0.25) is 0 Å². The smallest absolute Gasteiger partial charge is 0.323 e. The van der Waals surface area contributed by atoms with E-state index in [9.17, 15) is 4.79 Å². The molecular formula is C31H34N4O2S. The minimum absolute atomic E-state index is 0.129. The molecule has 2 aromatic heterocycles. The number of aromatic nitrogens is 1. The largest absolute Gasteiger partial charge is 0.492 e. The lowest BCUT2D eigenvalue weighted by Crippen LogP contribution is -2.38. The SMILES string of the molecule is CCOc1ccccc1NC(=O)N1Cc2c(sc3c2CCCC3)-n2cccc2[C@H]1c1ccc(N(C)C)cc1. The Labute approximate surface area is 228 Å². The minimum Gasteiger partial charge on any atom is -0.492 e. The van der Waals surface area contributed by atoms with Gasteiger partial charge in [0.15, 0.2) is 0 Å². The lowest BCUT2D eigenvalue weighted by molar-refractivity contribution is 0.194. The molecule has 3 heterocycles. The third-order valence-electron chi connectivity index (χ3n) is 7.59. The lowest BCUT2D eigenvalue weighted by Gasteiger charge is -2.32. The Morgan fingerprint density at radius 2 is 1.82 bits per heavy atom. The molecule has 0 bridgehead atoms. The number of benzene rings is 2. The van der Waals surface area contributed by atoms with Crippen molar-refractivity contribution in [3.05, 3.63) is 94.1 Å². The third-order valence-corrected chi connectivity index (χ3v) is 8.93. The van der Waals surface area contributed by atoms with E-state index in [4.69, 9.17) is 4.74 Å². The van der Waals surface area contributed by atoms with Crippen molar-refractivity contribution in [1.82, 2.24) is 9.47 Å². The second-order valence-electron chi connectivity index (χ2n) is 10.2. The van der Waals surface area contributed by atoms with E-state index >= 15 is 0 Å². The normalized spacial score (nSPS) is 16.2. The number of nitrogens with zero attached hydrogens (tertiary/aromatic N) is 3. The quantitative estimate of drug-likeness (QED) is 0.304. The van der Waals surface area contributed by atoms with Gasteiger partial charge >= 0.3 is 6.03 Å².